The zero-order valence-corrected chi connectivity index (χ0v) is 11.9. The molecule has 1 saturated heterocycles. The number of likely N-dealkylation sites (N-methyl/N-ethyl adjacent to an activating group) is 1. The van der Waals surface area contributed by atoms with Crippen LogP contribution in [0.3, 0.4) is 0 Å². The largest absolute Gasteiger partial charge is 0.452 e. The fourth-order valence-corrected chi connectivity index (χ4v) is 2.33. The zero-order valence-electron chi connectivity index (χ0n) is 11.2. The molecule has 1 aliphatic rings. The summed E-state index contributed by atoms with van der Waals surface area (Å²) < 4.78 is 4.89. The fraction of sp³-hybridized carbons (Fsp3) is 0.615. The van der Waals surface area contributed by atoms with Gasteiger partial charge in [0.1, 0.15) is 0 Å². The van der Waals surface area contributed by atoms with Gasteiger partial charge in [0.05, 0.1) is 11.8 Å². The third-order valence-electron chi connectivity index (χ3n) is 3.40. The van der Waals surface area contributed by atoms with E-state index < -0.39 is 0 Å². The number of carbonyl (C=O) groups is 1. The Hall–Kier alpha value is -1.04. The van der Waals surface area contributed by atoms with Crippen LogP contribution in [0.25, 0.3) is 0 Å². The van der Waals surface area contributed by atoms with E-state index in [0.717, 1.165) is 39.1 Å². The van der Waals surface area contributed by atoms with Gasteiger partial charge in [0.2, 0.25) is 5.22 Å². The number of furan rings is 1. The van der Waals surface area contributed by atoms with Crippen LogP contribution in [-0.4, -0.2) is 62.0 Å². The van der Waals surface area contributed by atoms with Crippen LogP contribution in [0.2, 0.25) is 5.22 Å². The first-order chi connectivity index (χ1) is 9.16. The van der Waals surface area contributed by atoms with Crippen LogP contribution in [0.5, 0.6) is 0 Å². The Morgan fingerprint density at radius 3 is 2.79 bits per heavy atom. The van der Waals surface area contributed by atoms with Crippen molar-refractivity contribution >= 4 is 17.5 Å². The lowest BCUT2D eigenvalue weighted by Crippen LogP contribution is -2.45. The number of hydrogen-bond acceptors (Lipinski definition) is 4. The maximum absolute atomic E-state index is 11.7. The van der Waals surface area contributed by atoms with Crippen molar-refractivity contribution in [1.29, 1.82) is 0 Å². The van der Waals surface area contributed by atoms with Crippen molar-refractivity contribution < 1.29 is 9.21 Å². The van der Waals surface area contributed by atoms with Crippen LogP contribution < -0.4 is 5.32 Å². The van der Waals surface area contributed by atoms with Gasteiger partial charge < -0.3 is 19.5 Å². The molecule has 2 rings (SSSR count). The van der Waals surface area contributed by atoms with Crippen molar-refractivity contribution in [3.63, 3.8) is 0 Å². The third-order valence-corrected chi connectivity index (χ3v) is 3.69. The maximum atomic E-state index is 11.7. The van der Waals surface area contributed by atoms with Crippen molar-refractivity contribution in [2.45, 2.75) is 6.42 Å². The second-order valence-electron chi connectivity index (χ2n) is 4.86. The van der Waals surface area contributed by atoms with Crippen molar-refractivity contribution in [3.8, 4) is 0 Å². The average Bonchev–Trinajstić information content (AvgIpc) is 2.83. The van der Waals surface area contributed by atoms with E-state index in [1.54, 1.807) is 6.07 Å². The van der Waals surface area contributed by atoms with Gasteiger partial charge in [-0.3, -0.25) is 4.79 Å². The number of piperazine rings is 1. The van der Waals surface area contributed by atoms with Gasteiger partial charge in [-0.15, -0.1) is 0 Å². The first-order valence-electron chi connectivity index (χ1n) is 6.59. The molecule has 1 aliphatic heterocycles. The van der Waals surface area contributed by atoms with Crippen LogP contribution in [0, 0.1) is 0 Å². The van der Waals surface area contributed by atoms with Gasteiger partial charge in [-0.1, -0.05) is 0 Å². The monoisotopic (exact) mass is 285 g/mol. The highest BCUT2D eigenvalue weighted by Crippen LogP contribution is 2.15. The minimum atomic E-state index is -0.169. The van der Waals surface area contributed by atoms with Crippen LogP contribution in [-0.2, 0) is 0 Å². The topological polar surface area (TPSA) is 48.7 Å². The van der Waals surface area contributed by atoms with Gasteiger partial charge in [0, 0.05) is 32.7 Å². The van der Waals surface area contributed by atoms with Crippen LogP contribution in [0.4, 0.5) is 0 Å². The van der Waals surface area contributed by atoms with E-state index >= 15 is 0 Å². The summed E-state index contributed by atoms with van der Waals surface area (Å²) in [6.45, 7) is 6.14. The number of nitrogens with one attached hydrogen (secondary N) is 1. The Balaban J connectivity index is 1.62. The van der Waals surface area contributed by atoms with E-state index in [1.165, 1.54) is 6.26 Å². The molecule has 19 heavy (non-hydrogen) atoms. The molecule has 0 unspecified atom stereocenters. The second-order valence-corrected chi connectivity index (χ2v) is 5.21. The molecule has 0 radical (unpaired) electrons. The number of amides is 1. The van der Waals surface area contributed by atoms with Crippen molar-refractivity contribution in [2.24, 2.45) is 0 Å². The predicted molar refractivity (Wildman–Crippen MR) is 74.6 cm³/mol. The molecular weight excluding hydrogens is 266 g/mol. The molecule has 1 amide bonds. The lowest BCUT2D eigenvalue weighted by atomic mass is 10.3. The summed E-state index contributed by atoms with van der Waals surface area (Å²) in [5, 5.41) is 3.00. The summed E-state index contributed by atoms with van der Waals surface area (Å²) in [6, 6.07) is 1.58. The molecule has 0 spiro atoms. The number of hydrogen-bond donors (Lipinski definition) is 1. The Morgan fingerprint density at radius 2 is 2.16 bits per heavy atom. The van der Waals surface area contributed by atoms with Crippen LogP contribution in [0.15, 0.2) is 16.7 Å². The quantitative estimate of drug-likeness (QED) is 0.829. The molecule has 0 aromatic carbocycles. The zero-order chi connectivity index (χ0) is 13.7. The molecule has 6 heteroatoms. The molecule has 1 N–H and O–H groups in total. The molecule has 1 fully saturated rings. The van der Waals surface area contributed by atoms with Gasteiger partial charge in [-0.2, -0.15) is 0 Å². The number of nitrogens with zero attached hydrogens (tertiary/aromatic N) is 2. The van der Waals surface area contributed by atoms with Crippen molar-refractivity contribution in [2.75, 3.05) is 46.3 Å². The molecule has 0 atom stereocenters. The Labute approximate surface area is 118 Å². The number of carbonyl (C=O) groups excluding carboxylic acids is 1. The van der Waals surface area contributed by atoms with E-state index in [0.29, 0.717) is 12.1 Å². The first kappa shape index (κ1) is 14.4. The van der Waals surface area contributed by atoms with E-state index in [-0.39, 0.29) is 11.1 Å². The molecule has 1 aromatic heterocycles. The first-order valence-corrected chi connectivity index (χ1v) is 6.96. The predicted octanol–water partition coefficient (Wildman–Crippen LogP) is 1.30. The van der Waals surface area contributed by atoms with E-state index in [2.05, 4.69) is 22.2 Å². The molecular formula is C13H20ClN3O2. The average molecular weight is 286 g/mol. The molecule has 2 heterocycles. The smallest absolute Gasteiger partial charge is 0.256 e. The summed E-state index contributed by atoms with van der Waals surface area (Å²) in [5.41, 5.74) is 0.404. The lowest BCUT2D eigenvalue weighted by molar-refractivity contribution is 0.0949. The summed E-state index contributed by atoms with van der Waals surface area (Å²) >= 11 is 5.74. The standard InChI is InChI=1S/C13H20ClN3O2/c1-16-6-8-17(9-7-16)5-2-4-15-13(18)11-3-10-19-12(11)14/h3,10H,2,4-9H2,1H3,(H,15,18). The van der Waals surface area contributed by atoms with Crippen LogP contribution >= 0.6 is 11.6 Å². The minimum absolute atomic E-state index is 0.150. The highest BCUT2D eigenvalue weighted by molar-refractivity contribution is 6.32. The van der Waals surface area contributed by atoms with E-state index in [1.807, 2.05) is 0 Å². The Bertz CT molecular complexity index is 414. The normalized spacial score (nSPS) is 17.6. The van der Waals surface area contributed by atoms with E-state index in [9.17, 15) is 4.79 Å². The number of halogens is 1. The molecule has 0 saturated carbocycles. The fourth-order valence-electron chi connectivity index (χ4n) is 2.13. The maximum Gasteiger partial charge on any atom is 0.256 e. The molecule has 106 valence electrons. The molecule has 1 aromatic rings. The van der Waals surface area contributed by atoms with Crippen molar-refractivity contribution in [1.82, 2.24) is 15.1 Å². The number of rotatable bonds is 5. The summed E-state index contributed by atoms with van der Waals surface area (Å²) in [7, 11) is 2.15. The Kier molecular flexibility index (Phi) is 5.24. The Morgan fingerprint density at radius 1 is 1.42 bits per heavy atom. The van der Waals surface area contributed by atoms with Crippen molar-refractivity contribution in [3.05, 3.63) is 23.1 Å². The van der Waals surface area contributed by atoms with Gasteiger partial charge in [-0.05, 0) is 37.7 Å². The summed E-state index contributed by atoms with van der Waals surface area (Å²) in [6.07, 6.45) is 2.37. The summed E-state index contributed by atoms with van der Waals surface area (Å²) in [5.74, 6) is -0.169. The lowest BCUT2D eigenvalue weighted by Gasteiger charge is -2.32. The second kappa shape index (κ2) is 6.93. The van der Waals surface area contributed by atoms with Gasteiger partial charge in [0.15, 0.2) is 0 Å². The SMILES string of the molecule is CN1CCN(CCCNC(=O)c2ccoc2Cl)CC1. The highest BCUT2D eigenvalue weighted by Gasteiger charge is 2.14. The van der Waals surface area contributed by atoms with Gasteiger partial charge >= 0.3 is 0 Å². The van der Waals surface area contributed by atoms with Gasteiger partial charge in [0.25, 0.3) is 5.91 Å². The summed E-state index contributed by atoms with van der Waals surface area (Å²) in [4.78, 5) is 16.5. The molecule has 0 aliphatic carbocycles. The molecule has 5 nitrogen and oxygen atoms in total. The van der Waals surface area contributed by atoms with E-state index in [4.69, 9.17) is 16.0 Å². The molecule has 0 bridgehead atoms. The van der Waals surface area contributed by atoms with Crippen LogP contribution in [0.1, 0.15) is 16.8 Å². The minimum Gasteiger partial charge on any atom is -0.452 e. The van der Waals surface area contributed by atoms with Gasteiger partial charge in [-0.25, -0.2) is 0 Å². The highest BCUT2D eigenvalue weighted by atomic mass is 35.5. The third kappa shape index (κ3) is 4.23.